The van der Waals surface area contributed by atoms with Gasteiger partial charge in [-0.3, -0.25) is 0 Å². The molecule has 0 aromatic carbocycles. The highest BCUT2D eigenvalue weighted by Gasteiger charge is 2.23. The molecule has 0 radical (unpaired) electrons. The van der Waals surface area contributed by atoms with Gasteiger partial charge in [0.05, 0.1) is 0 Å². The van der Waals surface area contributed by atoms with Crippen LogP contribution < -0.4 is 5.32 Å². The van der Waals surface area contributed by atoms with Crippen LogP contribution >= 0.6 is 0 Å². The molecule has 1 aliphatic carbocycles. The van der Waals surface area contributed by atoms with Crippen molar-refractivity contribution in [2.45, 2.75) is 32.2 Å². The van der Waals surface area contributed by atoms with Crippen molar-refractivity contribution in [2.24, 2.45) is 5.92 Å². The molecule has 0 atom stereocenters. The van der Waals surface area contributed by atoms with Gasteiger partial charge >= 0.3 is 0 Å². The van der Waals surface area contributed by atoms with Crippen LogP contribution in [0, 0.1) is 5.92 Å². The second-order valence-corrected chi connectivity index (χ2v) is 3.30. The Bertz CT molecular complexity index is 103. The Morgan fingerprint density at radius 1 is 1.60 bits per heavy atom. The summed E-state index contributed by atoms with van der Waals surface area (Å²) in [5.74, 6) is 0.959. The van der Waals surface area contributed by atoms with E-state index in [1.54, 1.807) is 0 Å². The molecular weight excluding hydrogens is 122 g/mol. The average Bonchev–Trinajstić information content (AvgIpc) is 1.85. The Balaban J connectivity index is 1.90. The first-order valence-corrected chi connectivity index (χ1v) is 4.17. The van der Waals surface area contributed by atoms with Crippen molar-refractivity contribution in [2.75, 3.05) is 6.54 Å². The smallest absolute Gasteiger partial charge is 0.00722 e. The SMILES string of the molecule is C=CCCNC1CC(C)C1. The van der Waals surface area contributed by atoms with Gasteiger partial charge in [-0.15, -0.1) is 6.58 Å². The first-order valence-electron chi connectivity index (χ1n) is 4.17. The molecule has 0 aromatic rings. The summed E-state index contributed by atoms with van der Waals surface area (Å²) in [6.07, 6.45) is 5.81. The van der Waals surface area contributed by atoms with Gasteiger partial charge in [-0.05, 0) is 31.7 Å². The quantitative estimate of drug-likeness (QED) is 0.463. The van der Waals surface area contributed by atoms with Crippen LogP contribution in [0.5, 0.6) is 0 Å². The maximum atomic E-state index is 3.68. The van der Waals surface area contributed by atoms with Crippen molar-refractivity contribution >= 4 is 0 Å². The zero-order valence-corrected chi connectivity index (χ0v) is 6.77. The molecule has 1 nitrogen and oxygen atoms in total. The Morgan fingerprint density at radius 3 is 2.80 bits per heavy atom. The van der Waals surface area contributed by atoms with E-state index < -0.39 is 0 Å². The minimum Gasteiger partial charge on any atom is -0.314 e. The van der Waals surface area contributed by atoms with Crippen molar-refractivity contribution in [3.05, 3.63) is 12.7 Å². The Morgan fingerprint density at radius 2 is 2.30 bits per heavy atom. The third-order valence-electron chi connectivity index (χ3n) is 2.16. The van der Waals surface area contributed by atoms with E-state index in [4.69, 9.17) is 0 Å². The molecule has 1 N–H and O–H groups in total. The van der Waals surface area contributed by atoms with Gasteiger partial charge in [0, 0.05) is 6.04 Å². The van der Waals surface area contributed by atoms with Gasteiger partial charge in [0.2, 0.25) is 0 Å². The average molecular weight is 139 g/mol. The topological polar surface area (TPSA) is 12.0 Å². The van der Waals surface area contributed by atoms with Crippen LogP contribution in [0.4, 0.5) is 0 Å². The van der Waals surface area contributed by atoms with E-state index in [0.29, 0.717) is 0 Å². The van der Waals surface area contributed by atoms with Crippen LogP contribution in [0.15, 0.2) is 12.7 Å². The van der Waals surface area contributed by atoms with Crippen LogP contribution in [-0.2, 0) is 0 Å². The van der Waals surface area contributed by atoms with E-state index in [1.165, 1.54) is 12.8 Å². The number of nitrogens with one attached hydrogen (secondary N) is 1. The fourth-order valence-electron chi connectivity index (χ4n) is 1.46. The molecule has 0 saturated heterocycles. The largest absolute Gasteiger partial charge is 0.314 e. The van der Waals surface area contributed by atoms with Crippen LogP contribution in [0.1, 0.15) is 26.2 Å². The third kappa shape index (κ3) is 2.14. The first kappa shape index (κ1) is 7.80. The van der Waals surface area contributed by atoms with Gasteiger partial charge in [-0.2, -0.15) is 0 Å². The van der Waals surface area contributed by atoms with E-state index in [-0.39, 0.29) is 0 Å². The van der Waals surface area contributed by atoms with Crippen LogP contribution in [0.3, 0.4) is 0 Å². The summed E-state index contributed by atoms with van der Waals surface area (Å²) in [5, 5.41) is 3.48. The number of hydrogen-bond donors (Lipinski definition) is 1. The molecule has 10 heavy (non-hydrogen) atoms. The summed E-state index contributed by atoms with van der Waals surface area (Å²) in [6.45, 7) is 7.10. The van der Waals surface area contributed by atoms with Gasteiger partial charge in [-0.1, -0.05) is 13.0 Å². The summed E-state index contributed by atoms with van der Waals surface area (Å²) >= 11 is 0. The Labute approximate surface area is 63.5 Å². The summed E-state index contributed by atoms with van der Waals surface area (Å²) in [7, 11) is 0. The molecule has 58 valence electrons. The lowest BCUT2D eigenvalue weighted by Gasteiger charge is -2.33. The zero-order chi connectivity index (χ0) is 7.40. The fourth-order valence-corrected chi connectivity index (χ4v) is 1.46. The van der Waals surface area contributed by atoms with Crippen LogP contribution in [0.2, 0.25) is 0 Å². The van der Waals surface area contributed by atoms with Gasteiger partial charge in [0.1, 0.15) is 0 Å². The van der Waals surface area contributed by atoms with E-state index in [1.807, 2.05) is 6.08 Å². The fraction of sp³-hybridized carbons (Fsp3) is 0.778. The van der Waals surface area contributed by atoms with Gasteiger partial charge in [0.25, 0.3) is 0 Å². The maximum absolute atomic E-state index is 3.68. The van der Waals surface area contributed by atoms with E-state index >= 15 is 0 Å². The molecule has 1 heteroatoms. The second-order valence-electron chi connectivity index (χ2n) is 3.30. The molecule has 0 heterocycles. The highest BCUT2D eigenvalue weighted by atomic mass is 14.9. The monoisotopic (exact) mass is 139 g/mol. The lowest BCUT2D eigenvalue weighted by Crippen LogP contribution is -2.40. The molecule has 0 bridgehead atoms. The van der Waals surface area contributed by atoms with E-state index in [9.17, 15) is 0 Å². The standard InChI is InChI=1S/C9H17N/c1-3-4-5-10-9-6-8(2)7-9/h3,8-10H,1,4-7H2,2H3. The molecular formula is C9H17N. The van der Waals surface area contributed by atoms with E-state index in [2.05, 4.69) is 18.8 Å². The lowest BCUT2D eigenvalue weighted by molar-refractivity contribution is 0.243. The van der Waals surface area contributed by atoms with Crippen LogP contribution in [-0.4, -0.2) is 12.6 Å². The van der Waals surface area contributed by atoms with Crippen LogP contribution in [0.25, 0.3) is 0 Å². The predicted molar refractivity (Wildman–Crippen MR) is 45.0 cm³/mol. The van der Waals surface area contributed by atoms with Gasteiger partial charge in [-0.25, -0.2) is 0 Å². The lowest BCUT2D eigenvalue weighted by atomic mass is 9.82. The molecule has 1 fully saturated rings. The van der Waals surface area contributed by atoms with Crippen molar-refractivity contribution in [3.63, 3.8) is 0 Å². The molecule has 1 rings (SSSR count). The van der Waals surface area contributed by atoms with Crippen molar-refractivity contribution in [1.29, 1.82) is 0 Å². The Kier molecular flexibility index (Phi) is 2.94. The molecule has 0 aliphatic heterocycles. The highest BCUT2D eigenvalue weighted by Crippen LogP contribution is 2.25. The number of hydrogen-bond acceptors (Lipinski definition) is 1. The summed E-state index contributed by atoms with van der Waals surface area (Å²) in [5.41, 5.74) is 0. The normalized spacial score (nSPS) is 31.3. The molecule has 0 amide bonds. The Hall–Kier alpha value is -0.300. The third-order valence-corrected chi connectivity index (χ3v) is 2.16. The molecule has 0 aromatic heterocycles. The summed E-state index contributed by atoms with van der Waals surface area (Å²) < 4.78 is 0. The maximum Gasteiger partial charge on any atom is 0.00722 e. The van der Waals surface area contributed by atoms with Crippen molar-refractivity contribution in [3.8, 4) is 0 Å². The summed E-state index contributed by atoms with van der Waals surface area (Å²) in [6, 6.07) is 0.815. The van der Waals surface area contributed by atoms with Gasteiger partial charge < -0.3 is 5.32 Å². The predicted octanol–water partition coefficient (Wildman–Crippen LogP) is 1.95. The minimum absolute atomic E-state index is 0.815. The molecule has 1 aliphatic rings. The molecule has 1 saturated carbocycles. The second kappa shape index (κ2) is 3.77. The van der Waals surface area contributed by atoms with Crippen molar-refractivity contribution < 1.29 is 0 Å². The van der Waals surface area contributed by atoms with Gasteiger partial charge in [0.15, 0.2) is 0 Å². The zero-order valence-electron chi connectivity index (χ0n) is 6.77. The van der Waals surface area contributed by atoms with E-state index in [0.717, 1.165) is 24.9 Å². The first-order chi connectivity index (χ1) is 4.83. The number of rotatable bonds is 4. The molecule has 0 spiro atoms. The minimum atomic E-state index is 0.815. The van der Waals surface area contributed by atoms with Crippen molar-refractivity contribution in [1.82, 2.24) is 5.32 Å². The summed E-state index contributed by atoms with van der Waals surface area (Å²) in [4.78, 5) is 0. The molecule has 0 unspecified atom stereocenters. The highest BCUT2D eigenvalue weighted by molar-refractivity contribution is 4.82.